The Morgan fingerprint density at radius 3 is 1.89 bits per heavy atom. The first-order chi connectivity index (χ1) is 16.3. The molecule has 0 fully saturated rings. The second kappa shape index (κ2) is 11.2. The van der Waals surface area contributed by atoms with Crippen molar-refractivity contribution in [2.24, 2.45) is 0 Å². The topological polar surface area (TPSA) is 0 Å². The summed E-state index contributed by atoms with van der Waals surface area (Å²) in [5.74, 6) is 0. The van der Waals surface area contributed by atoms with Gasteiger partial charge in [-0.05, 0) is 0 Å². The molecule has 0 nitrogen and oxygen atoms in total. The normalized spacial score (nSPS) is 12.9. The van der Waals surface area contributed by atoms with Crippen LogP contribution in [-0.4, -0.2) is 3.21 Å². The van der Waals surface area contributed by atoms with Crippen LogP contribution in [0.15, 0.2) is 124 Å². The Hall–Kier alpha value is -2.31. The van der Waals surface area contributed by atoms with E-state index in [2.05, 4.69) is 122 Å². The standard InChI is InChI=1S/C13H9.C13H10.C6H7.2ClH.Zr/c1-3-7-12-10(5-1)9-11-6-2-4-8-13(11)12;1-3-7-12(8-4-1)11-13-9-5-2-6-10-13;1-6-4-2-3-5-6;;;/h1-5,7-8H,9H2;1-10H;4-5H,2H2,1H3;2*1H;. The summed E-state index contributed by atoms with van der Waals surface area (Å²) in [6.07, 6.45) is 7.08. The number of fused-ring (bicyclic) bond motifs is 3. The second-order valence-electron chi connectivity index (χ2n) is 8.97. The fourth-order valence-corrected chi connectivity index (χ4v) is 13.5. The van der Waals surface area contributed by atoms with Gasteiger partial charge >= 0.3 is 205 Å². The van der Waals surface area contributed by atoms with Crippen LogP contribution in [0.5, 0.6) is 0 Å². The molecule has 35 heavy (non-hydrogen) atoms. The quantitative estimate of drug-likeness (QED) is 0.205. The predicted molar refractivity (Wildman–Crippen MR) is 151 cm³/mol. The molecule has 0 saturated carbocycles. The molecule has 0 amide bonds. The average molecular weight is 575 g/mol. The van der Waals surface area contributed by atoms with Gasteiger partial charge in [0, 0.05) is 0 Å². The molecule has 4 aromatic carbocycles. The van der Waals surface area contributed by atoms with Gasteiger partial charge in [-0.3, -0.25) is 0 Å². The Kier molecular flexibility index (Phi) is 8.23. The van der Waals surface area contributed by atoms with Gasteiger partial charge in [0.2, 0.25) is 0 Å². The Balaban J connectivity index is 0.00000144. The maximum Gasteiger partial charge on any atom is -0.147 e. The van der Waals surface area contributed by atoms with Crippen LogP contribution in [0.4, 0.5) is 0 Å². The van der Waals surface area contributed by atoms with E-state index in [1.807, 2.05) is 0 Å². The van der Waals surface area contributed by atoms with Crippen LogP contribution < -0.4 is 3.27 Å². The Morgan fingerprint density at radius 2 is 1.26 bits per heavy atom. The minimum absolute atomic E-state index is 0. The first-order valence-corrected chi connectivity index (χ1v) is 15.4. The van der Waals surface area contributed by atoms with E-state index < -0.39 is 21.3 Å². The summed E-state index contributed by atoms with van der Waals surface area (Å²) in [5, 5.41) is 0. The fraction of sp³-hybridized carbons (Fsp3) is 0.0938. The molecule has 0 atom stereocenters. The van der Waals surface area contributed by atoms with E-state index in [1.165, 1.54) is 33.4 Å². The van der Waals surface area contributed by atoms with Gasteiger partial charge in [0.15, 0.2) is 0 Å². The number of halogens is 2. The summed E-state index contributed by atoms with van der Waals surface area (Å²) in [5.41, 5.74) is 10.1. The van der Waals surface area contributed by atoms with E-state index in [0.29, 0.717) is 0 Å². The minimum atomic E-state index is -2.50. The Bertz CT molecular complexity index is 1410. The molecule has 0 aromatic heterocycles. The molecule has 0 aliphatic heterocycles. The van der Waals surface area contributed by atoms with Crippen LogP contribution in [0.3, 0.4) is 0 Å². The van der Waals surface area contributed by atoms with Crippen LogP contribution in [0, 0.1) is 0 Å². The molecule has 174 valence electrons. The summed E-state index contributed by atoms with van der Waals surface area (Å²) in [4.78, 5) is 0. The van der Waals surface area contributed by atoms with Gasteiger partial charge < -0.3 is 0 Å². The number of allylic oxidation sites excluding steroid dienone is 4. The molecule has 6 rings (SSSR count). The van der Waals surface area contributed by atoms with E-state index >= 15 is 0 Å². The molecule has 2 aliphatic rings. The van der Waals surface area contributed by atoms with Crippen LogP contribution >= 0.6 is 24.8 Å². The molecule has 0 heterocycles. The van der Waals surface area contributed by atoms with Crippen molar-refractivity contribution in [1.82, 2.24) is 0 Å². The van der Waals surface area contributed by atoms with E-state index in [9.17, 15) is 0 Å². The van der Waals surface area contributed by atoms with Crippen molar-refractivity contribution < 1.29 is 21.3 Å². The predicted octanol–water partition coefficient (Wildman–Crippen LogP) is 7.85. The third-order valence-electron chi connectivity index (χ3n) is 6.86. The van der Waals surface area contributed by atoms with Crippen molar-refractivity contribution in [3.8, 4) is 11.1 Å². The monoisotopic (exact) mass is 572 g/mol. The number of rotatable bonds is 4. The number of hydrogen-bond donors (Lipinski definition) is 0. The third kappa shape index (κ3) is 4.88. The molecule has 0 spiro atoms. The summed E-state index contributed by atoms with van der Waals surface area (Å²) in [7, 11) is 0. The molecular formula is C32H28Cl2Zr. The molecule has 0 radical (unpaired) electrons. The zero-order chi connectivity index (χ0) is 22.2. The van der Waals surface area contributed by atoms with Crippen molar-refractivity contribution in [2.45, 2.75) is 19.8 Å². The smallest absolute Gasteiger partial charge is 0.147 e. The van der Waals surface area contributed by atoms with Crippen molar-refractivity contribution in [2.75, 3.05) is 0 Å². The SMILES string of the molecule is CC1=CC[C]([Zr](=[C](c2ccccc2)c2ccccc2)[c]2cccc3c2Cc2ccccc2-3)=C1.Cl.Cl. The second-order valence-corrected chi connectivity index (χ2v) is 14.9. The molecule has 0 saturated heterocycles. The first kappa shape index (κ1) is 25.8. The fourth-order valence-electron chi connectivity index (χ4n) is 5.36. The summed E-state index contributed by atoms with van der Waals surface area (Å²) in [6.45, 7) is 2.25. The zero-order valence-corrected chi connectivity index (χ0v) is 23.8. The van der Waals surface area contributed by atoms with Crippen molar-refractivity contribution in [3.05, 3.63) is 146 Å². The molecule has 0 N–H and O–H groups in total. The van der Waals surface area contributed by atoms with E-state index in [-0.39, 0.29) is 24.8 Å². The third-order valence-corrected chi connectivity index (χ3v) is 14.4. The zero-order valence-electron chi connectivity index (χ0n) is 19.7. The Labute approximate surface area is 228 Å². The van der Waals surface area contributed by atoms with Gasteiger partial charge in [-0.15, -0.1) is 24.8 Å². The molecule has 3 heteroatoms. The number of hydrogen-bond acceptors (Lipinski definition) is 0. The maximum absolute atomic E-state index is 2.50. The molecule has 4 aromatic rings. The molecule has 0 unspecified atom stereocenters. The van der Waals surface area contributed by atoms with Crippen LogP contribution in [-0.2, 0) is 27.7 Å². The maximum atomic E-state index is 2.50. The van der Waals surface area contributed by atoms with E-state index in [4.69, 9.17) is 0 Å². The van der Waals surface area contributed by atoms with Crippen molar-refractivity contribution in [3.63, 3.8) is 0 Å². The van der Waals surface area contributed by atoms with Gasteiger partial charge in [0.25, 0.3) is 0 Å². The largest absolute Gasteiger partial charge is 0.147 e. The molecule has 2 aliphatic carbocycles. The van der Waals surface area contributed by atoms with E-state index in [0.717, 1.165) is 12.8 Å². The van der Waals surface area contributed by atoms with Crippen molar-refractivity contribution in [1.29, 1.82) is 0 Å². The number of benzene rings is 4. The minimum Gasteiger partial charge on any atom is -0.147 e. The van der Waals surface area contributed by atoms with Gasteiger partial charge in [-0.25, -0.2) is 0 Å². The van der Waals surface area contributed by atoms with Crippen molar-refractivity contribution >= 4 is 31.3 Å². The van der Waals surface area contributed by atoms with Crippen LogP contribution in [0.1, 0.15) is 35.6 Å². The summed E-state index contributed by atoms with van der Waals surface area (Å²) < 4.78 is 4.92. The van der Waals surface area contributed by atoms with E-state index in [1.54, 1.807) is 15.3 Å². The average Bonchev–Trinajstić information content (AvgIpc) is 3.47. The summed E-state index contributed by atoms with van der Waals surface area (Å²) >= 11 is -2.50. The first-order valence-electron chi connectivity index (χ1n) is 11.7. The molecule has 0 bridgehead atoms. The van der Waals surface area contributed by atoms with Gasteiger partial charge in [-0.2, -0.15) is 0 Å². The van der Waals surface area contributed by atoms with Gasteiger partial charge in [-0.1, -0.05) is 0 Å². The van der Waals surface area contributed by atoms with Crippen LogP contribution in [0.2, 0.25) is 0 Å². The van der Waals surface area contributed by atoms with Crippen LogP contribution in [0.25, 0.3) is 11.1 Å². The summed E-state index contributed by atoms with van der Waals surface area (Å²) in [6, 6.07) is 38.4. The molecular weight excluding hydrogens is 546 g/mol. The Morgan fingerprint density at radius 1 is 0.657 bits per heavy atom. The van der Waals surface area contributed by atoms with Gasteiger partial charge in [0.05, 0.1) is 0 Å². The van der Waals surface area contributed by atoms with Gasteiger partial charge in [0.1, 0.15) is 0 Å².